The van der Waals surface area contributed by atoms with Gasteiger partial charge in [0.15, 0.2) is 0 Å². The van der Waals surface area contributed by atoms with Crippen LogP contribution in [0.3, 0.4) is 0 Å². The van der Waals surface area contributed by atoms with E-state index in [1.54, 1.807) is 4.90 Å². The Morgan fingerprint density at radius 2 is 2.29 bits per heavy atom. The number of aromatic nitrogens is 2. The summed E-state index contributed by atoms with van der Waals surface area (Å²) in [6, 6.07) is 0. The molecule has 118 valence electrons. The molecule has 1 atom stereocenters. The smallest absolute Gasteiger partial charge is 0.236 e. The number of amides is 1. The van der Waals surface area contributed by atoms with Crippen LogP contribution in [-0.2, 0) is 11.3 Å². The van der Waals surface area contributed by atoms with E-state index in [9.17, 15) is 4.79 Å². The maximum absolute atomic E-state index is 11.9. The molecule has 0 aromatic carbocycles. The van der Waals surface area contributed by atoms with Gasteiger partial charge in [0.05, 0.1) is 6.54 Å². The van der Waals surface area contributed by atoms with E-state index in [-0.39, 0.29) is 5.91 Å². The number of piperidine rings is 1. The lowest BCUT2D eigenvalue weighted by molar-refractivity contribution is -0.130. The molecule has 0 unspecified atom stereocenters. The molecule has 0 spiro atoms. The van der Waals surface area contributed by atoms with Crippen molar-refractivity contribution in [3.05, 3.63) is 18.2 Å². The first-order chi connectivity index (χ1) is 10.1. The minimum absolute atomic E-state index is 0.185. The summed E-state index contributed by atoms with van der Waals surface area (Å²) in [5, 5.41) is 0. The Labute approximate surface area is 127 Å². The standard InChI is InChI=1S/C16H28N4O/c1-4-5-10-20-11-8-17-16(20)14-7-6-9-19(12-14)13-15(21)18(2)3/h8,11,14H,4-7,9-10,12-13H2,1-3H3/t14-/m1/s1. The normalized spacial score (nSPS) is 19.7. The molecule has 1 fully saturated rings. The molecule has 1 saturated heterocycles. The predicted molar refractivity (Wildman–Crippen MR) is 84.2 cm³/mol. The van der Waals surface area contributed by atoms with Gasteiger partial charge in [0, 0.05) is 45.5 Å². The largest absolute Gasteiger partial charge is 0.348 e. The maximum Gasteiger partial charge on any atom is 0.236 e. The Morgan fingerprint density at radius 3 is 3.00 bits per heavy atom. The number of aryl methyl sites for hydroxylation is 1. The first-order valence-electron chi connectivity index (χ1n) is 8.05. The van der Waals surface area contributed by atoms with Crippen LogP contribution in [-0.4, -0.2) is 59.0 Å². The lowest BCUT2D eigenvalue weighted by atomic mass is 9.97. The van der Waals surface area contributed by atoms with Crippen molar-refractivity contribution in [1.29, 1.82) is 0 Å². The average molecular weight is 292 g/mol. The molecule has 1 aromatic heterocycles. The van der Waals surface area contributed by atoms with Gasteiger partial charge in [-0.05, 0) is 25.8 Å². The zero-order valence-corrected chi connectivity index (χ0v) is 13.6. The van der Waals surface area contributed by atoms with Gasteiger partial charge in [0.1, 0.15) is 5.82 Å². The third-order valence-corrected chi connectivity index (χ3v) is 4.23. The molecule has 1 aliphatic heterocycles. The van der Waals surface area contributed by atoms with Gasteiger partial charge in [-0.2, -0.15) is 0 Å². The number of carbonyl (C=O) groups is 1. The van der Waals surface area contributed by atoms with E-state index in [2.05, 4.69) is 27.6 Å². The predicted octanol–water partition coefficient (Wildman–Crippen LogP) is 1.95. The third kappa shape index (κ3) is 4.30. The second-order valence-corrected chi connectivity index (χ2v) is 6.19. The van der Waals surface area contributed by atoms with E-state index in [1.807, 2.05) is 20.3 Å². The van der Waals surface area contributed by atoms with Crippen LogP contribution in [0.2, 0.25) is 0 Å². The first-order valence-corrected chi connectivity index (χ1v) is 8.05. The van der Waals surface area contributed by atoms with Gasteiger partial charge in [-0.25, -0.2) is 4.98 Å². The van der Waals surface area contributed by atoms with Gasteiger partial charge >= 0.3 is 0 Å². The zero-order valence-electron chi connectivity index (χ0n) is 13.6. The van der Waals surface area contributed by atoms with Crippen molar-refractivity contribution >= 4 is 5.91 Å². The molecular weight excluding hydrogens is 264 g/mol. The van der Waals surface area contributed by atoms with Crippen molar-refractivity contribution in [3.63, 3.8) is 0 Å². The Morgan fingerprint density at radius 1 is 1.48 bits per heavy atom. The van der Waals surface area contributed by atoms with Gasteiger partial charge in [-0.15, -0.1) is 0 Å². The summed E-state index contributed by atoms with van der Waals surface area (Å²) < 4.78 is 2.30. The van der Waals surface area contributed by atoms with Crippen LogP contribution in [0.25, 0.3) is 0 Å². The van der Waals surface area contributed by atoms with Crippen molar-refractivity contribution < 1.29 is 4.79 Å². The number of likely N-dealkylation sites (N-methyl/N-ethyl adjacent to an activating group) is 1. The number of likely N-dealkylation sites (tertiary alicyclic amines) is 1. The van der Waals surface area contributed by atoms with Crippen molar-refractivity contribution in [2.75, 3.05) is 33.7 Å². The number of rotatable bonds is 6. The van der Waals surface area contributed by atoms with Crippen LogP contribution in [0, 0.1) is 0 Å². The van der Waals surface area contributed by atoms with Gasteiger partial charge in [0.2, 0.25) is 5.91 Å². The number of nitrogens with zero attached hydrogens (tertiary/aromatic N) is 4. The van der Waals surface area contributed by atoms with E-state index >= 15 is 0 Å². The quantitative estimate of drug-likeness (QED) is 0.805. The monoisotopic (exact) mass is 292 g/mol. The molecular formula is C16H28N4O. The Balaban J connectivity index is 1.97. The average Bonchev–Trinajstić information content (AvgIpc) is 2.93. The van der Waals surface area contributed by atoms with E-state index < -0.39 is 0 Å². The first kappa shape index (κ1) is 16.0. The van der Waals surface area contributed by atoms with Gasteiger partial charge in [-0.3, -0.25) is 9.69 Å². The number of hydrogen-bond donors (Lipinski definition) is 0. The molecule has 1 aliphatic rings. The summed E-state index contributed by atoms with van der Waals surface area (Å²) in [6.07, 6.45) is 8.72. The summed E-state index contributed by atoms with van der Waals surface area (Å²) >= 11 is 0. The highest BCUT2D eigenvalue weighted by molar-refractivity contribution is 5.77. The molecule has 0 bridgehead atoms. The molecule has 2 heterocycles. The molecule has 5 heteroatoms. The van der Waals surface area contributed by atoms with Gasteiger partial charge < -0.3 is 9.47 Å². The summed E-state index contributed by atoms with van der Waals surface area (Å²) in [7, 11) is 3.64. The molecule has 1 amide bonds. The third-order valence-electron chi connectivity index (χ3n) is 4.23. The van der Waals surface area contributed by atoms with E-state index in [0.717, 1.165) is 26.1 Å². The van der Waals surface area contributed by atoms with Crippen LogP contribution >= 0.6 is 0 Å². The van der Waals surface area contributed by atoms with Crippen LogP contribution < -0.4 is 0 Å². The van der Waals surface area contributed by atoms with Crippen LogP contribution in [0.15, 0.2) is 12.4 Å². The Hall–Kier alpha value is -1.36. The topological polar surface area (TPSA) is 41.4 Å². The Kier molecular flexibility index (Phi) is 5.79. The molecule has 0 saturated carbocycles. The van der Waals surface area contributed by atoms with E-state index in [4.69, 9.17) is 0 Å². The van der Waals surface area contributed by atoms with Crippen molar-refractivity contribution in [1.82, 2.24) is 19.4 Å². The highest BCUT2D eigenvalue weighted by Crippen LogP contribution is 2.26. The van der Waals surface area contributed by atoms with Crippen LogP contribution in [0.1, 0.15) is 44.3 Å². The second-order valence-electron chi connectivity index (χ2n) is 6.19. The van der Waals surface area contributed by atoms with Crippen molar-refractivity contribution in [2.45, 2.75) is 45.1 Å². The summed E-state index contributed by atoms with van der Waals surface area (Å²) in [4.78, 5) is 20.4. The summed E-state index contributed by atoms with van der Waals surface area (Å²) in [6.45, 7) is 5.76. The number of carbonyl (C=O) groups excluding carboxylic acids is 1. The fraction of sp³-hybridized carbons (Fsp3) is 0.750. The molecule has 1 aromatic rings. The Bertz CT molecular complexity index is 455. The van der Waals surface area contributed by atoms with Gasteiger partial charge in [-0.1, -0.05) is 13.3 Å². The lowest BCUT2D eigenvalue weighted by Gasteiger charge is -2.32. The summed E-state index contributed by atoms with van der Waals surface area (Å²) in [5.41, 5.74) is 0. The second kappa shape index (κ2) is 7.59. The van der Waals surface area contributed by atoms with E-state index in [0.29, 0.717) is 12.5 Å². The highest BCUT2D eigenvalue weighted by Gasteiger charge is 2.25. The summed E-state index contributed by atoms with van der Waals surface area (Å²) in [5.74, 6) is 1.84. The van der Waals surface area contributed by atoms with Gasteiger partial charge in [0.25, 0.3) is 0 Å². The van der Waals surface area contributed by atoms with Crippen molar-refractivity contribution in [3.8, 4) is 0 Å². The van der Waals surface area contributed by atoms with Crippen LogP contribution in [0.4, 0.5) is 0 Å². The number of unbranched alkanes of at least 4 members (excludes halogenated alkanes) is 1. The molecule has 0 aliphatic carbocycles. The van der Waals surface area contributed by atoms with E-state index in [1.165, 1.54) is 25.1 Å². The fourth-order valence-corrected chi connectivity index (χ4v) is 2.94. The van der Waals surface area contributed by atoms with Crippen LogP contribution in [0.5, 0.6) is 0 Å². The lowest BCUT2D eigenvalue weighted by Crippen LogP contribution is -2.42. The number of imidazole rings is 1. The molecule has 0 N–H and O–H groups in total. The molecule has 2 rings (SSSR count). The zero-order chi connectivity index (χ0) is 15.2. The maximum atomic E-state index is 11.9. The highest BCUT2D eigenvalue weighted by atomic mass is 16.2. The van der Waals surface area contributed by atoms with Crippen molar-refractivity contribution in [2.24, 2.45) is 0 Å². The number of hydrogen-bond acceptors (Lipinski definition) is 3. The molecule has 0 radical (unpaired) electrons. The SMILES string of the molecule is CCCCn1ccnc1[C@@H]1CCCN(CC(=O)N(C)C)C1. The minimum atomic E-state index is 0.185. The molecule has 21 heavy (non-hydrogen) atoms. The fourth-order valence-electron chi connectivity index (χ4n) is 2.94. The minimum Gasteiger partial charge on any atom is -0.348 e. The molecule has 5 nitrogen and oxygen atoms in total.